The average molecular weight is 1080 g/mol. The molecule has 3 heterocycles. The first-order valence-corrected chi connectivity index (χ1v) is 29.1. The van der Waals surface area contributed by atoms with Gasteiger partial charge in [0.2, 0.25) is 0 Å². The molecule has 2 aromatic heterocycles. The fourth-order valence-corrected chi connectivity index (χ4v) is 12.5. The molecule has 0 bridgehead atoms. The molecule has 1 aliphatic heterocycles. The monoisotopic (exact) mass is 1080 g/mol. The van der Waals surface area contributed by atoms with Gasteiger partial charge in [-0.15, -0.1) is 0 Å². The van der Waals surface area contributed by atoms with Crippen LogP contribution < -0.4 is 16.0 Å². The Morgan fingerprint density at radius 3 is 1.65 bits per heavy atom. The maximum atomic E-state index is 5.81. The van der Waals surface area contributed by atoms with Crippen molar-refractivity contribution >= 4 is 72.7 Å². The van der Waals surface area contributed by atoms with Crippen LogP contribution in [0.4, 0.5) is 22.7 Å². The summed E-state index contributed by atoms with van der Waals surface area (Å²) in [6.07, 6.45) is 20.3. The number of aromatic nitrogens is 2. The van der Waals surface area contributed by atoms with Crippen molar-refractivity contribution in [1.82, 2.24) is 9.13 Å². The molecule has 404 valence electrons. The number of fused-ring (bicyclic) bond motifs is 7. The number of nitrogens with one attached hydrogen (secondary N) is 1. The predicted molar refractivity (Wildman–Crippen MR) is 358 cm³/mol. The number of para-hydroxylation sites is 4. The Balaban J connectivity index is 0.000000393. The second-order valence-corrected chi connectivity index (χ2v) is 22.1. The first-order chi connectivity index (χ1) is 41.4. The molecule has 5 nitrogen and oxygen atoms in total. The Labute approximate surface area is 491 Å². The molecule has 15 rings (SSSR count). The van der Waals surface area contributed by atoms with Crippen molar-refractivity contribution in [1.29, 1.82) is 0 Å². The fraction of sp³-hybridized carbons (Fsp3) is 0.0633. The highest BCUT2D eigenvalue weighted by Crippen LogP contribution is 2.44. The third kappa shape index (κ3) is 9.96. The van der Waals surface area contributed by atoms with E-state index >= 15 is 0 Å². The molecule has 10 aromatic carbocycles. The highest BCUT2D eigenvalue weighted by Gasteiger charge is 2.28. The van der Waals surface area contributed by atoms with E-state index in [-0.39, 0.29) is 12.1 Å². The molecule has 0 saturated heterocycles. The number of nitrogen functional groups attached to an aromatic ring is 1. The van der Waals surface area contributed by atoms with E-state index in [1.165, 1.54) is 94.2 Å². The summed E-state index contributed by atoms with van der Waals surface area (Å²) in [4.78, 5) is 2.43. The van der Waals surface area contributed by atoms with Crippen molar-refractivity contribution in [3.63, 3.8) is 0 Å². The molecule has 0 fully saturated rings. The summed E-state index contributed by atoms with van der Waals surface area (Å²) in [6, 6.07) is 89.2. The summed E-state index contributed by atoms with van der Waals surface area (Å²) in [5.74, 6) is 0. The first kappa shape index (κ1) is 51.5. The molecule has 0 saturated carbocycles. The lowest BCUT2D eigenvalue weighted by atomic mass is 9.92. The van der Waals surface area contributed by atoms with Crippen LogP contribution in [0.25, 0.3) is 89.0 Å². The van der Waals surface area contributed by atoms with Gasteiger partial charge in [-0.25, -0.2) is 0 Å². The van der Waals surface area contributed by atoms with Crippen molar-refractivity contribution < 1.29 is 0 Å². The number of anilines is 4. The van der Waals surface area contributed by atoms with Gasteiger partial charge in [-0.05, 0) is 179 Å². The van der Waals surface area contributed by atoms with E-state index in [2.05, 4.69) is 269 Å². The maximum Gasteiger partial charge on any atom is 0.0617 e. The molecule has 3 aliphatic rings. The van der Waals surface area contributed by atoms with Crippen LogP contribution in [-0.4, -0.2) is 15.2 Å². The zero-order valence-corrected chi connectivity index (χ0v) is 47.0. The third-order valence-electron chi connectivity index (χ3n) is 16.8. The van der Waals surface area contributed by atoms with Crippen LogP contribution >= 0.6 is 0 Å². The van der Waals surface area contributed by atoms with Crippen LogP contribution in [0.2, 0.25) is 0 Å². The summed E-state index contributed by atoms with van der Waals surface area (Å²) in [6.45, 7) is 6.92. The minimum atomic E-state index is 0.0907. The minimum absolute atomic E-state index is 0.0907. The highest BCUT2D eigenvalue weighted by atomic mass is 15.1. The van der Waals surface area contributed by atoms with Crippen molar-refractivity contribution in [3.05, 3.63) is 326 Å². The van der Waals surface area contributed by atoms with Crippen LogP contribution in [0.1, 0.15) is 41.8 Å². The van der Waals surface area contributed by atoms with E-state index in [4.69, 9.17) is 12.3 Å². The Bertz CT molecular complexity index is 4600. The smallest absolute Gasteiger partial charge is 0.0617 e. The largest absolute Gasteiger partial charge is 0.397 e. The fourth-order valence-electron chi connectivity index (χ4n) is 12.5. The molecule has 0 amide bonds. The molecular weight excluding hydrogens is 1020 g/mol. The number of hydrogen-bond donors (Lipinski definition) is 2. The number of nitrogens with two attached hydrogens (primary N) is 1. The summed E-state index contributed by atoms with van der Waals surface area (Å²) in [5.41, 5.74) is 30.2. The van der Waals surface area contributed by atoms with Gasteiger partial charge in [0.1, 0.15) is 0 Å². The topological polar surface area (TPSA) is 51.1 Å². The number of hydrogen-bond acceptors (Lipinski definition) is 3. The van der Waals surface area contributed by atoms with Gasteiger partial charge in [0.25, 0.3) is 0 Å². The summed E-state index contributed by atoms with van der Waals surface area (Å²) < 4.78 is 5.05. The number of benzene rings is 10. The van der Waals surface area contributed by atoms with Crippen LogP contribution in [0.3, 0.4) is 0 Å². The van der Waals surface area contributed by atoms with E-state index in [0.717, 1.165) is 52.3 Å². The lowest BCUT2D eigenvalue weighted by molar-refractivity contribution is 0.636. The molecule has 0 spiro atoms. The lowest BCUT2D eigenvalue weighted by Crippen LogP contribution is -2.30. The molecule has 84 heavy (non-hydrogen) atoms. The number of nitrogens with zero attached hydrogens (tertiary/aromatic N) is 3. The quantitative estimate of drug-likeness (QED) is 0.142. The lowest BCUT2D eigenvalue weighted by Gasteiger charge is -2.33. The molecule has 2 atom stereocenters. The molecule has 0 radical (unpaired) electrons. The molecule has 5 heteroatoms. The van der Waals surface area contributed by atoms with Crippen LogP contribution in [0, 0.1) is 0 Å². The second kappa shape index (κ2) is 22.4. The van der Waals surface area contributed by atoms with Gasteiger partial charge in [0.15, 0.2) is 0 Å². The summed E-state index contributed by atoms with van der Waals surface area (Å²) in [7, 11) is 0. The third-order valence-corrected chi connectivity index (χ3v) is 16.8. The van der Waals surface area contributed by atoms with Gasteiger partial charge in [0, 0.05) is 61.7 Å². The second-order valence-electron chi connectivity index (χ2n) is 22.1. The van der Waals surface area contributed by atoms with Crippen molar-refractivity contribution in [2.75, 3.05) is 16.0 Å². The SMILES string of the molecule is C=C1/C=C(c2ccccc2)\C=C/N(C2C=CC(C)=CC2)c2ccc(-c3ccc4c(c3)c3cc(-c5ccccc5)ccc3n4C3C=Cc4c(c5cc(-c6ccccc6)ccc5n4-c4ccccc4)C3)cc21.Nc1ccccc1Nc1ccccc1. The first-order valence-electron chi connectivity index (χ1n) is 29.1. The van der Waals surface area contributed by atoms with Crippen molar-refractivity contribution in [3.8, 4) is 39.1 Å². The van der Waals surface area contributed by atoms with Crippen LogP contribution in [0.5, 0.6) is 0 Å². The van der Waals surface area contributed by atoms with Crippen molar-refractivity contribution in [2.24, 2.45) is 0 Å². The minimum Gasteiger partial charge on any atom is -0.397 e. The molecule has 12 aromatic rings. The molecule has 3 N–H and O–H groups in total. The van der Waals surface area contributed by atoms with E-state index in [9.17, 15) is 0 Å². The molecular formula is C79H63N5. The Kier molecular flexibility index (Phi) is 13.7. The van der Waals surface area contributed by atoms with E-state index < -0.39 is 0 Å². The van der Waals surface area contributed by atoms with Crippen LogP contribution in [-0.2, 0) is 6.42 Å². The van der Waals surface area contributed by atoms with E-state index in [1.807, 2.05) is 54.6 Å². The van der Waals surface area contributed by atoms with Gasteiger partial charge in [-0.2, -0.15) is 0 Å². The van der Waals surface area contributed by atoms with Gasteiger partial charge in [-0.1, -0.05) is 200 Å². The standard InChI is InChI=1S/C67H51N3.C12H12N2/c1-45-23-29-55(30-24-45)68-38-37-54(49-19-11-5-12-20-49)39-46(2)58-40-52(25-32-63(58)68)53-28-35-66-60(43-53)59-41-50(47-15-7-3-8-16-47)27-34-65(59)70(66)57-31-36-67-62(44-57)61-42-51(48-17-9-4-10-18-48)26-33-64(61)69(67)56-21-13-6-14-22-56;13-11-8-4-5-9-12(11)14-10-6-2-1-3-7-10/h3-29,31-43,55,57H,2,30,44H2,1H3;1-9,14H,13H2/b38-37-,54-39+;. The average Bonchev–Trinajstić information content (AvgIpc) is 2.38. The van der Waals surface area contributed by atoms with Gasteiger partial charge in [0.05, 0.1) is 29.0 Å². The predicted octanol–water partition coefficient (Wildman–Crippen LogP) is 20.3. The number of allylic oxidation sites excluding steroid dienone is 7. The summed E-state index contributed by atoms with van der Waals surface area (Å²) >= 11 is 0. The van der Waals surface area contributed by atoms with Crippen LogP contribution in [0.15, 0.2) is 304 Å². The highest BCUT2D eigenvalue weighted by molar-refractivity contribution is 6.11. The normalized spacial score (nSPS) is 16.4. The zero-order valence-electron chi connectivity index (χ0n) is 47.0. The summed E-state index contributed by atoms with van der Waals surface area (Å²) in [5, 5.41) is 7.05. The van der Waals surface area contributed by atoms with Gasteiger partial charge < -0.3 is 25.1 Å². The molecule has 2 aliphatic carbocycles. The Hall–Kier alpha value is -10.6. The van der Waals surface area contributed by atoms with Gasteiger partial charge >= 0.3 is 0 Å². The Morgan fingerprint density at radius 2 is 1.02 bits per heavy atom. The zero-order chi connectivity index (χ0) is 56.5. The Morgan fingerprint density at radius 1 is 0.488 bits per heavy atom. The maximum absolute atomic E-state index is 5.81. The van der Waals surface area contributed by atoms with E-state index in [0.29, 0.717) is 0 Å². The van der Waals surface area contributed by atoms with Crippen molar-refractivity contribution in [2.45, 2.75) is 31.8 Å². The van der Waals surface area contributed by atoms with Gasteiger partial charge in [-0.3, -0.25) is 0 Å². The van der Waals surface area contributed by atoms with E-state index in [1.54, 1.807) is 0 Å². The number of rotatable bonds is 9. The molecule has 2 unspecified atom stereocenters.